The average molecular weight is 445 g/mol. The summed E-state index contributed by atoms with van der Waals surface area (Å²) in [6.07, 6.45) is 1.38. The Bertz CT molecular complexity index is 1060. The number of esters is 1. The molecule has 2 rings (SSSR count). The first kappa shape index (κ1) is 23.8. The number of aryl methyl sites for hydroxylation is 1. The zero-order valence-electron chi connectivity index (χ0n) is 18.2. The van der Waals surface area contributed by atoms with Crippen molar-refractivity contribution < 1.29 is 28.5 Å². The topological polar surface area (TPSA) is 107 Å². The van der Waals surface area contributed by atoms with Gasteiger partial charge in [-0.25, -0.2) is 4.79 Å². The summed E-state index contributed by atoms with van der Waals surface area (Å²) in [5.74, 6) is 0.0764. The Labute approximate surface area is 185 Å². The van der Waals surface area contributed by atoms with Gasteiger partial charge in [0.05, 0.1) is 33.5 Å². The maximum Gasteiger partial charge on any atom is 0.341 e. The second kappa shape index (κ2) is 10.5. The van der Waals surface area contributed by atoms with Crippen LogP contribution in [0.25, 0.3) is 6.08 Å². The zero-order chi connectivity index (χ0) is 23.1. The number of anilines is 1. The van der Waals surface area contributed by atoms with E-state index in [-0.39, 0.29) is 12.2 Å². The molecule has 8 nitrogen and oxygen atoms in total. The summed E-state index contributed by atoms with van der Waals surface area (Å²) in [6, 6.07) is 5.10. The van der Waals surface area contributed by atoms with E-state index in [1.807, 2.05) is 13.0 Å². The average Bonchev–Trinajstić information content (AvgIpc) is 3.04. The first-order valence-electron chi connectivity index (χ1n) is 9.31. The molecule has 31 heavy (non-hydrogen) atoms. The molecule has 0 saturated carbocycles. The number of benzene rings is 1. The van der Waals surface area contributed by atoms with Crippen LogP contribution in [-0.4, -0.2) is 39.8 Å². The number of carbonyl (C=O) groups excluding carboxylic acids is 2. The zero-order valence-corrected chi connectivity index (χ0v) is 19.1. The van der Waals surface area contributed by atoms with E-state index >= 15 is 0 Å². The number of nitrogens with one attached hydrogen (secondary N) is 1. The molecule has 1 aromatic heterocycles. The fourth-order valence-corrected chi connectivity index (χ4v) is 3.85. The van der Waals surface area contributed by atoms with Crippen LogP contribution in [0.1, 0.15) is 33.3 Å². The molecule has 0 atom stereocenters. The van der Waals surface area contributed by atoms with E-state index in [2.05, 4.69) is 5.32 Å². The number of rotatable bonds is 8. The van der Waals surface area contributed by atoms with Crippen LogP contribution in [0.2, 0.25) is 0 Å². The molecule has 9 heteroatoms. The van der Waals surface area contributed by atoms with Crippen LogP contribution in [0.5, 0.6) is 17.2 Å². The first-order valence-corrected chi connectivity index (χ1v) is 10.1. The number of nitriles is 1. The molecule has 0 spiro atoms. The molecule has 0 aliphatic heterocycles. The quantitative estimate of drug-likeness (QED) is 0.371. The van der Waals surface area contributed by atoms with Crippen molar-refractivity contribution in [3.8, 4) is 23.3 Å². The number of amides is 1. The van der Waals surface area contributed by atoms with Crippen LogP contribution < -0.4 is 19.5 Å². The van der Waals surface area contributed by atoms with Crippen molar-refractivity contribution >= 4 is 34.3 Å². The summed E-state index contributed by atoms with van der Waals surface area (Å²) in [7, 11) is 4.44. The van der Waals surface area contributed by atoms with Crippen molar-refractivity contribution in [3.05, 3.63) is 39.3 Å². The number of ether oxygens (including phenoxy) is 4. The standard InChI is InChI=1S/C22H24N2O6S/c1-7-30-22(26)19-12(2)13(3)31-21(19)24-20(25)15(11-23)8-14-9-17(28-5)18(29-6)10-16(14)27-4/h8-10H,7H2,1-6H3,(H,24,25). The Balaban J connectivity index is 2.44. The molecule has 1 heterocycles. The van der Waals surface area contributed by atoms with Gasteiger partial charge in [-0.05, 0) is 38.5 Å². The minimum atomic E-state index is -0.661. The van der Waals surface area contributed by atoms with Gasteiger partial charge in [-0.3, -0.25) is 4.79 Å². The third kappa shape index (κ3) is 5.16. The van der Waals surface area contributed by atoms with E-state index in [4.69, 9.17) is 18.9 Å². The van der Waals surface area contributed by atoms with Crippen molar-refractivity contribution in [2.24, 2.45) is 0 Å². The number of hydrogen-bond donors (Lipinski definition) is 1. The molecule has 0 aliphatic rings. The molecule has 0 fully saturated rings. The lowest BCUT2D eigenvalue weighted by Crippen LogP contribution is -2.16. The lowest BCUT2D eigenvalue weighted by molar-refractivity contribution is -0.112. The van der Waals surface area contributed by atoms with Crippen LogP contribution in [-0.2, 0) is 9.53 Å². The predicted molar refractivity (Wildman–Crippen MR) is 118 cm³/mol. The Kier molecular flexibility index (Phi) is 8.05. The van der Waals surface area contributed by atoms with Crippen molar-refractivity contribution in [1.82, 2.24) is 0 Å². The Morgan fingerprint density at radius 3 is 2.26 bits per heavy atom. The van der Waals surface area contributed by atoms with Crippen LogP contribution in [0.4, 0.5) is 5.00 Å². The monoisotopic (exact) mass is 444 g/mol. The smallest absolute Gasteiger partial charge is 0.341 e. The van der Waals surface area contributed by atoms with Crippen LogP contribution in [0, 0.1) is 25.2 Å². The van der Waals surface area contributed by atoms with Gasteiger partial charge in [0.15, 0.2) is 11.5 Å². The Morgan fingerprint density at radius 2 is 1.71 bits per heavy atom. The van der Waals surface area contributed by atoms with E-state index in [0.717, 1.165) is 10.4 Å². The Morgan fingerprint density at radius 1 is 1.10 bits per heavy atom. The molecule has 0 aliphatic carbocycles. The minimum Gasteiger partial charge on any atom is -0.496 e. The van der Waals surface area contributed by atoms with E-state index in [1.165, 1.54) is 38.7 Å². The van der Waals surface area contributed by atoms with Gasteiger partial charge in [0.25, 0.3) is 5.91 Å². The van der Waals surface area contributed by atoms with Gasteiger partial charge in [-0.15, -0.1) is 11.3 Å². The number of methoxy groups -OCH3 is 3. The fourth-order valence-electron chi connectivity index (χ4n) is 2.80. The van der Waals surface area contributed by atoms with Gasteiger partial charge in [-0.2, -0.15) is 5.26 Å². The van der Waals surface area contributed by atoms with Crippen molar-refractivity contribution in [2.75, 3.05) is 33.3 Å². The number of hydrogen-bond acceptors (Lipinski definition) is 8. The van der Waals surface area contributed by atoms with E-state index in [1.54, 1.807) is 26.0 Å². The Hall–Kier alpha value is -3.51. The third-order valence-corrected chi connectivity index (χ3v) is 5.62. The summed E-state index contributed by atoms with van der Waals surface area (Å²) in [4.78, 5) is 26.0. The molecule has 1 aromatic carbocycles. The highest BCUT2D eigenvalue weighted by Crippen LogP contribution is 2.36. The highest BCUT2D eigenvalue weighted by Gasteiger charge is 2.23. The van der Waals surface area contributed by atoms with Gasteiger partial charge < -0.3 is 24.3 Å². The van der Waals surface area contributed by atoms with E-state index in [0.29, 0.717) is 33.4 Å². The highest BCUT2D eigenvalue weighted by molar-refractivity contribution is 7.16. The SMILES string of the molecule is CCOC(=O)c1c(NC(=O)C(C#N)=Cc2cc(OC)c(OC)cc2OC)sc(C)c1C. The molecular formula is C22H24N2O6S. The molecular weight excluding hydrogens is 420 g/mol. The third-order valence-electron chi connectivity index (χ3n) is 4.49. The maximum atomic E-state index is 12.8. The second-order valence-electron chi connectivity index (χ2n) is 6.28. The number of nitrogens with zero attached hydrogens (tertiary/aromatic N) is 1. The van der Waals surface area contributed by atoms with Crippen molar-refractivity contribution in [3.63, 3.8) is 0 Å². The molecule has 0 radical (unpaired) electrons. The van der Waals surface area contributed by atoms with Gasteiger partial charge in [0, 0.05) is 16.5 Å². The van der Waals surface area contributed by atoms with Crippen molar-refractivity contribution in [2.45, 2.75) is 20.8 Å². The van der Waals surface area contributed by atoms with Gasteiger partial charge in [0.2, 0.25) is 0 Å². The molecule has 0 saturated heterocycles. The molecule has 0 bridgehead atoms. The van der Waals surface area contributed by atoms with E-state index in [9.17, 15) is 14.9 Å². The van der Waals surface area contributed by atoms with E-state index < -0.39 is 11.9 Å². The van der Waals surface area contributed by atoms with Gasteiger partial charge >= 0.3 is 5.97 Å². The van der Waals surface area contributed by atoms with Gasteiger partial charge in [0.1, 0.15) is 22.4 Å². The fraction of sp³-hybridized carbons (Fsp3) is 0.318. The minimum absolute atomic E-state index is 0.177. The molecule has 164 valence electrons. The summed E-state index contributed by atoms with van der Waals surface area (Å²) in [5, 5.41) is 12.6. The molecule has 1 amide bonds. The summed E-state index contributed by atoms with van der Waals surface area (Å²) >= 11 is 1.25. The number of carbonyl (C=O) groups is 2. The van der Waals surface area contributed by atoms with Crippen LogP contribution in [0.15, 0.2) is 17.7 Å². The largest absolute Gasteiger partial charge is 0.496 e. The molecule has 1 N–H and O–H groups in total. The van der Waals surface area contributed by atoms with Crippen molar-refractivity contribution in [1.29, 1.82) is 5.26 Å². The molecule has 0 unspecified atom stereocenters. The summed E-state index contributed by atoms with van der Waals surface area (Å²) < 4.78 is 21.0. The maximum absolute atomic E-state index is 12.8. The predicted octanol–water partition coefficient (Wildman–Crippen LogP) is 4.11. The number of thiophene rings is 1. The normalized spacial score (nSPS) is 10.8. The van der Waals surface area contributed by atoms with Crippen LogP contribution >= 0.6 is 11.3 Å². The summed E-state index contributed by atoms with van der Waals surface area (Å²) in [5.41, 5.74) is 1.29. The van der Waals surface area contributed by atoms with Crippen LogP contribution in [0.3, 0.4) is 0 Å². The lowest BCUT2D eigenvalue weighted by atomic mass is 10.1. The second-order valence-corrected chi connectivity index (χ2v) is 7.51. The van der Waals surface area contributed by atoms with Gasteiger partial charge in [-0.1, -0.05) is 0 Å². The highest BCUT2D eigenvalue weighted by atomic mass is 32.1. The lowest BCUT2D eigenvalue weighted by Gasteiger charge is -2.12. The molecule has 2 aromatic rings. The summed E-state index contributed by atoms with van der Waals surface area (Å²) in [6.45, 7) is 5.54. The first-order chi connectivity index (χ1) is 14.8.